The van der Waals surface area contributed by atoms with Crippen molar-refractivity contribution < 1.29 is 0 Å². The van der Waals surface area contributed by atoms with E-state index in [1.54, 1.807) is 18.7 Å². The number of hydrogen-bond donors (Lipinski definition) is 3. The molecule has 0 bridgehead atoms. The molecule has 0 radical (unpaired) electrons. The number of aromatic amines is 1. The van der Waals surface area contributed by atoms with Gasteiger partial charge in [0.25, 0.3) is 0 Å². The van der Waals surface area contributed by atoms with E-state index in [-0.39, 0.29) is 0 Å². The van der Waals surface area contributed by atoms with Gasteiger partial charge in [-0.05, 0) is 12.1 Å². The van der Waals surface area contributed by atoms with Crippen LogP contribution in [-0.4, -0.2) is 15.0 Å². The molecular weight excluding hydrogens is 178 g/mol. The van der Waals surface area contributed by atoms with Crippen molar-refractivity contribution in [1.82, 2.24) is 15.0 Å². The number of H-pyrrole nitrogens is 1. The maximum atomic E-state index is 5.51. The standard InChI is InChI=1S/C9H11N5/c10-7-1-2-9(12-3-7)13-5-8-4-11-6-14-8/h1-4,6H,5,10H2,(H,11,14)(H,12,13). The van der Waals surface area contributed by atoms with Crippen LogP contribution in [0.25, 0.3) is 0 Å². The molecule has 2 heterocycles. The summed E-state index contributed by atoms with van der Waals surface area (Å²) in [6.45, 7) is 0.677. The number of nitrogens with one attached hydrogen (secondary N) is 2. The van der Waals surface area contributed by atoms with Gasteiger partial charge in [0.15, 0.2) is 0 Å². The molecule has 0 fully saturated rings. The Morgan fingerprint density at radius 2 is 2.29 bits per heavy atom. The highest BCUT2D eigenvalue weighted by Gasteiger charge is 1.95. The number of rotatable bonds is 3. The van der Waals surface area contributed by atoms with Crippen LogP contribution in [0.1, 0.15) is 5.69 Å². The second-order valence-corrected chi connectivity index (χ2v) is 2.91. The molecule has 0 aliphatic heterocycles. The maximum Gasteiger partial charge on any atom is 0.126 e. The Morgan fingerprint density at radius 1 is 1.36 bits per heavy atom. The highest BCUT2D eigenvalue weighted by Crippen LogP contribution is 2.06. The van der Waals surface area contributed by atoms with Gasteiger partial charge in [-0.15, -0.1) is 0 Å². The predicted molar refractivity (Wildman–Crippen MR) is 54.6 cm³/mol. The molecule has 2 rings (SSSR count). The predicted octanol–water partition coefficient (Wildman–Crippen LogP) is 0.999. The molecule has 0 atom stereocenters. The van der Waals surface area contributed by atoms with Crippen molar-refractivity contribution in [2.45, 2.75) is 6.54 Å². The maximum absolute atomic E-state index is 5.51. The molecule has 2 aromatic rings. The second-order valence-electron chi connectivity index (χ2n) is 2.91. The lowest BCUT2D eigenvalue weighted by molar-refractivity contribution is 1.05. The first kappa shape index (κ1) is 8.55. The first-order chi connectivity index (χ1) is 6.84. The fraction of sp³-hybridized carbons (Fsp3) is 0.111. The van der Waals surface area contributed by atoms with Crippen LogP contribution in [0.15, 0.2) is 30.9 Å². The Hall–Kier alpha value is -2.04. The average Bonchev–Trinajstić information content (AvgIpc) is 2.70. The number of nitrogen functional groups attached to an aromatic ring is 1. The molecule has 5 heteroatoms. The Balaban J connectivity index is 1.95. The normalized spacial score (nSPS) is 10.0. The van der Waals surface area contributed by atoms with Gasteiger partial charge in [0.1, 0.15) is 5.82 Å². The van der Waals surface area contributed by atoms with Crippen LogP contribution in [0.3, 0.4) is 0 Å². The molecule has 4 N–H and O–H groups in total. The molecule has 0 unspecified atom stereocenters. The smallest absolute Gasteiger partial charge is 0.126 e. The third-order valence-corrected chi connectivity index (χ3v) is 1.80. The van der Waals surface area contributed by atoms with Crippen LogP contribution in [0.4, 0.5) is 11.5 Å². The van der Waals surface area contributed by atoms with Crippen LogP contribution in [0, 0.1) is 0 Å². The highest BCUT2D eigenvalue weighted by molar-refractivity contribution is 5.43. The summed E-state index contributed by atoms with van der Waals surface area (Å²) in [6, 6.07) is 3.65. The summed E-state index contributed by atoms with van der Waals surface area (Å²) >= 11 is 0. The van der Waals surface area contributed by atoms with Crippen molar-refractivity contribution in [3.05, 3.63) is 36.5 Å². The first-order valence-corrected chi connectivity index (χ1v) is 4.27. The Bertz CT molecular complexity index is 378. The van der Waals surface area contributed by atoms with Gasteiger partial charge in [0, 0.05) is 6.20 Å². The first-order valence-electron chi connectivity index (χ1n) is 4.27. The summed E-state index contributed by atoms with van der Waals surface area (Å²) in [5, 5.41) is 3.14. The Labute approximate surface area is 81.4 Å². The van der Waals surface area contributed by atoms with E-state index >= 15 is 0 Å². The van der Waals surface area contributed by atoms with Gasteiger partial charge in [-0.2, -0.15) is 0 Å². The van der Waals surface area contributed by atoms with Crippen molar-refractivity contribution in [3.63, 3.8) is 0 Å². The molecule has 0 aliphatic rings. The van der Waals surface area contributed by atoms with Crippen LogP contribution in [0.2, 0.25) is 0 Å². The minimum Gasteiger partial charge on any atom is -0.397 e. The SMILES string of the molecule is Nc1ccc(NCc2cnc[nH]2)nc1. The van der Waals surface area contributed by atoms with E-state index in [1.165, 1.54) is 0 Å². The third-order valence-electron chi connectivity index (χ3n) is 1.80. The van der Waals surface area contributed by atoms with Gasteiger partial charge in [-0.25, -0.2) is 9.97 Å². The molecule has 72 valence electrons. The summed E-state index contributed by atoms with van der Waals surface area (Å²) < 4.78 is 0. The highest BCUT2D eigenvalue weighted by atomic mass is 15.0. The molecule has 0 amide bonds. The van der Waals surface area contributed by atoms with Crippen molar-refractivity contribution in [2.75, 3.05) is 11.1 Å². The van der Waals surface area contributed by atoms with Crippen LogP contribution >= 0.6 is 0 Å². The number of nitrogens with zero attached hydrogens (tertiary/aromatic N) is 2. The van der Waals surface area contributed by atoms with Gasteiger partial charge in [-0.1, -0.05) is 0 Å². The summed E-state index contributed by atoms with van der Waals surface area (Å²) in [5.74, 6) is 0.800. The van der Waals surface area contributed by atoms with Crippen LogP contribution in [-0.2, 0) is 6.54 Å². The lowest BCUT2D eigenvalue weighted by Gasteiger charge is -2.03. The van der Waals surface area contributed by atoms with Gasteiger partial charge in [-0.3, -0.25) is 0 Å². The van der Waals surface area contributed by atoms with Crippen molar-refractivity contribution >= 4 is 11.5 Å². The van der Waals surface area contributed by atoms with Crippen molar-refractivity contribution in [1.29, 1.82) is 0 Å². The van der Waals surface area contributed by atoms with E-state index in [4.69, 9.17) is 5.73 Å². The Morgan fingerprint density at radius 3 is 2.93 bits per heavy atom. The number of imidazole rings is 1. The van der Waals surface area contributed by atoms with E-state index in [0.717, 1.165) is 11.5 Å². The summed E-state index contributed by atoms with van der Waals surface area (Å²) in [7, 11) is 0. The van der Waals surface area contributed by atoms with Gasteiger partial charge in [0.05, 0.1) is 30.5 Å². The van der Waals surface area contributed by atoms with E-state index in [1.807, 2.05) is 12.1 Å². The lowest BCUT2D eigenvalue weighted by Crippen LogP contribution is -2.01. The van der Waals surface area contributed by atoms with Crippen LogP contribution < -0.4 is 11.1 Å². The largest absolute Gasteiger partial charge is 0.397 e. The van der Waals surface area contributed by atoms with Crippen molar-refractivity contribution in [3.8, 4) is 0 Å². The van der Waals surface area contributed by atoms with Crippen molar-refractivity contribution in [2.24, 2.45) is 0 Å². The van der Waals surface area contributed by atoms with Crippen LogP contribution in [0.5, 0.6) is 0 Å². The third kappa shape index (κ3) is 2.01. The second kappa shape index (κ2) is 3.78. The quantitative estimate of drug-likeness (QED) is 0.673. The zero-order chi connectivity index (χ0) is 9.80. The monoisotopic (exact) mass is 189 g/mol. The van der Waals surface area contributed by atoms with Gasteiger partial charge < -0.3 is 16.0 Å². The number of aromatic nitrogens is 3. The Kier molecular flexibility index (Phi) is 2.31. The fourth-order valence-electron chi connectivity index (χ4n) is 1.08. The lowest BCUT2D eigenvalue weighted by atomic mass is 10.4. The molecule has 14 heavy (non-hydrogen) atoms. The molecule has 5 nitrogen and oxygen atoms in total. The van der Waals surface area contributed by atoms with E-state index in [9.17, 15) is 0 Å². The van der Waals surface area contributed by atoms with E-state index in [2.05, 4.69) is 20.3 Å². The summed E-state index contributed by atoms with van der Waals surface area (Å²) in [6.07, 6.45) is 5.03. The van der Waals surface area contributed by atoms with Gasteiger partial charge >= 0.3 is 0 Å². The number of nitrogens with two attached hydrogens (primary N) is 1. The molecule has 0 spiro atoms. The van der Waals surface area contributed by atoms with E-state index in [0.29, 0.717) is 12.2 Å². The zero-order valence-corrected chi connectivity index (χ0v) is 7.57. The topological polar surface area (TPSA) is 79.6 Å². The number of hydrogen-bond acceptors (Lipinski definition) is 4. The fourth-order valence-corrected chi connectivity index (χ4v) is 1.08. The van der Waals surface area contributed by atoms with Gasteiger partial charge in [0.2, 0.25) is 0 Å². The molecule has 0 aromatic carbocycles. The molecule has 0 saturated heterocycles. The molecule has 0 aliphatic carbocycles. The number of anilines is 2. The summed E-state index contributed by atoms with van der Waals surface area (Å²) in [4.78, 5) is 11.0. The van der Waals surface area contributed by atoms with E-state index < -0.39 is 0 Å². The minimum absolute atomic E-state index is 0.664. The molecular formula is C9H11N5. The zero-order valence-electron chi connectivity index (χ0n) is 7.57. The molecule has 0 saturated carbocycles. The minimum atomic E-state index is 0.664. The number of pyridine rings is 1. The molecule has 2 aromatic heterocycles. The average molecular weight is 189 g/mol. The summed E-state index contributed by atoms with van der Waals surface area (Å²) in [5.41, 5.74) is 7.19.